The number of rotatable bonds is 7. The first-order valence-corrected chi connectivity index (χ1v) is 13.6. The summed E-state index contributed by atoms with van der Waals surface area (Å²) in [6.07, 6.45) is 1.58. The van der Waals surface area contributed by atoms with Crippen molar-refractivity contribution >= 4 is 67.2 Å². The predicted molar refractivity (Wildman–Crippen MR) is 162 cm³/mol. The van der Waals surface area contributed by atoms with Crippen LogP contribution in [0.25, 0.3) is 10.9 Å². The fourth-order valence-electron chi connectivity index (χ4n) is 3.68. The molecule has 0 aliphatic heterocycles. The van der Waals surface area contributed by atoms with Crippen LogP contribution < -0.4 is 20.3 Å². The van der Waals surface area contributed by atoms with E-state index < -0.39 is 5.41 Å². The fourth-order valence-corrected chi connectivity index (χ4v) is 4.82. The molecule has 0 saturated carbocycles. The predicted octanol–water partition coefficient (Wildman–Crippen LogP) is 5.97. The van der Waals surface area contributed by atoms with Crippen molar-refractivity contribution < 1.29 is 14.3 Å². The highest BCUT2D eigenvalue weighted by Gasteiger charge is 2.23. The highest BCUT2D eigenvalue weighted by Crippen LogP contribution is 2.33. The molecule has 0 radical (unpaired) electrons. The van der Waals surface area contributed by atoms with Crippen LogP contribution in [0.1, 0.15) is 32.2 Å². The van der Waals surface area contributed by atoms with Gasteiger partial charge >= 0.3 is 0 Å². The number of methoxy groups -OCH3 is 1. The largest absolute Gasteiger partial charge is 0.493 e. The normalized spacial score (nSPS) is 11.6. The molecule has 0 spiro atoms. The van der Waals surface area contributed by atoms with E-state index in [-0.39, 0.29) is 18.1 Å². The molecule has 0 saturated heterocycles. The third-order valence-electron chi connectivity index (χ3n) is 5.46. The van der Waals surface area contributed by atoms with Gasteiger partial charge in [-0.15, -0.1) is 0 Å². The van der Waals surface area contributed by atoms with Crippen molar-refractivity contribution in [3.8, 4) is 11.5 Å². The molecule has 1 aromatic heterocycles. The Kier molecular flexibility index (Phi) is 8.51. The summed E-state index contributed by atoms with van der Waals surface area (Å²) in [5.74, 6) is 1.14. The molecule has 4 rings (SSSR count). The molecule has 10 heteroatoms. The van der Waals surface area contributed by atoms with Gasteiger partial charge in [0.1, 0.15) is 5.82 Å². The minimum atomic E-state index is -0.429. The third-order valence-corrected chi connectivity index (χ3v) is 6.75. The van der Waals surface area contributed by atoms with Gasteiger partial charge in [0.05, 0.1) is 27.8 Å². The van der Waals surface area contributed by atoms with E-state index in [0.29, 0.717) is 39.5 Å². The highest BCUT2D eigenvalue weighted by molar-refractivity contribution is 14.1. The zero-order valence-corrected chi connectivity index (χ0v) is 25.0. The van der Waals surface area contributed by atoms with Crippen molar-refractivity contribution in [2.45, 2.75) is 26.2 Å². The van der Waals surface area contributed by atoms with Crippen LogP contribution >= 0.6 is 38.5 Å². The Hall–Kier alpha value is -3.25. The molecule has 0 aliphatic rings. The maximum Gasteiger partial charge on any atom is 0.282 e. The number of hydrogen-bond donors (Lipinski definition) is 1. The molecule has 1 amide bonds. The van der Waals surface area contributed by atoms with Gasteiger partial charge in [-0.05, 0) is 70.6 Å². The Balaban J connectivity index is 1.63. The maximum absolute atomic E-state index is 13.4. The summed E-state index contributed by atoms with van der Waals surface area (Å²) in [4.78, 5) is 30.5. The van der Waals surface area contributed by atoms with E-state index in [0.717, 1.165) is 8.04 Å². The van der Waals surface area contributed by atoms with E-state index >= 15 is 0 Å². The SMILES string of the molecule is COc1cc(C=Nn2c(C(C)(C)C)nc3ccc(Br)cc3c2=O)cc(I)c1OCC(=O)Nc1ccccc1. The lowest BCUT2D eigenvalue weighted by atomic mass is 9.95. The number of aromatic nitrogens is 2. The van der Waals surface area contributed by atoms with Gasteiger partial charge in [0.25, 0.3) is 11.5 Å². The van der Waals surface area contributed by atoms with Gasteiger partial charge in [0.2, 0.25) is 0 Å². The monoisotopic (exact) mass is 688 g/mol. The molecule has 0 unspecified atom stereocenters. The highest BCUT2D eigenvalue weighted by atomic mass is 127. The Morgan fingerprint density at radius 1 is 1.16 bits per heavy atom. The molecule has 38 heavy (non-hydrogen) atoms. The van der Waals surface area contributed by atoms with Crippen molar-refractivity contribution in [1.82, 2.24) is 9.66 Å². The van der Waals surface area contributed by atoms with E-state index in [1.165, 1.54) is 11.8 Å². The summed E-state index contributed by atoms with van der Waals surface area (Å²) in [7, 11) is 1.52. The number of carbonyl (C=O) groups is 1. The second-order valence-electron chi connectivity index (χ2n) is 9.45. The van der Waals surface area contributed by atoms with Gasteiger partial charge in [-0.2, -0.15) is 9.78 Å². The van der Waals surface area contributed by atoms with Gasteiger partial charge in [-0.1, -0.05) is 54.9 Å². The standard InChI is InChI=1S/C28H26BrIN4O4/c1-28(2,3)27-33-22-11-10-18(29)14-20(22)26(36)34(27)31-15-17-12-21(30)25(23(13-17)37-4)38-16-24(35)32-19-8-6-5-7-9-19/h5-15H,16H2,1-4H3,(H,32,35). The molecule has 1 heterocycles. The number of amides is 1. The van der Waals surface area contributed by atoms with Gasteiger partial charge in [-0.3, -0.25) is 9.59 Å². The first kappa shape index (κ1) is 27.8. The molecule has 0 fully saturated rings. The summed E-state index contributed by atoms with van der Waals surface area (Å²) in [6, 6.07) is 18.2. The van der Waals surface area contributed by atoms with E-state index in [1.54, 1.807) is 30.5 Å². The number of para-hydroxylation sites is 1. The lowest BCUT2D eigenvalue weighted by molar-refractivity contribution is -0.118. The van der Waals surface area contributed by atoms with Gasteiger partial charge in [0.15, 0.2) is 18.1 Å². The molecule has 8 nitrogen and oxygen atoms in total. The van der Waals surface area contributed by atoms with Crippen molar-refractivity contribution in [2.75, 3.05) is 19.0 Å². The van der Waals surface area contributed by atoms with Crippen molar-refractivity contribution in [1.29, 1.82) is 0 Å². The van der Waals surface area contributed by atoms with E-state index in [1.807, 2.05) is 57.2 Å². The molecular formula is C28H26BrIN4O4. The number of nitrogens with zero attached hydrogens (tertiary/aromatic N) is 3. The number of carbonyl (C=O) groups excluding carboxylic acids is 1. The smallest absolute Gasteiger partial charge is 0.282 e. The van der Waals surface area contributed by atoms with E-state index in [9.17, 15) is 9.59 Å². The third kappa shape index (κ3) is 6.41. The first-order chi connectivity index (χ1) is 18.1. The van der Waals surface area contributed by atoms with Gasteiger partial charge in [-0.25, -0.2) is 4.98 Å². The Labute approximate surface area is 242 Å². The molecule has 0 bridgehead atoms. The summed E-state index contributed by atoms with van der Waals surface area (Å²) in [5.41, 5.74) is 1.30. The number of ether oxygens (including phenoxy) is 2. The number of anilines is 1. The van der Waals surface area contributed by atoms with Crippen molar-refractivity contribution in [2.24, 2.45) is 5.10 Å². The van der Waals surface area contributed by atoms with Crippen LogP contribution in [0.4, 0.5) is 5.69 Å². The average molecular weight is 689 g/mol. The van der Waals surface area contributed by atoms with Crippen LogP contribution in [-0.2, 0) is 10.2 Å². The van der Waals surface area contributed by atoms with E-state index in [4.69, 9.17) is 14.5 Å². The maximum atomic E-state index is 13.4. The number of benzene rings is 3. The number of hydrogen-bond acceptors (Lipinski definition) is 6. The minimum absolute atomic E-state index is 0.183. The van der Waals surface area contributed by atoms with Crippen LogP contribution in [0.3, 0.4) is 0 Å². The molecule has 0 aliphatic carbocycles. The Morgan fingerprint density at radius 2 is 1.89 bits per heavy atom. The summed E-state index contributed by atoms with van der Waals surface area (Å²) < 4.78 is 14.2. The summed E-state index contributed by atoms with van der Waals surface area (Å²) in [6.45, 7) is 5.77. The van der Waals surface area contributed by atoms with Gasteiger partial charge in [0, 0.05) is 15.6 Å². The van der Waals surface area contributed by atoms with Crippen LogP contribution in [0.2, 0.25) is 0 Å². The molecular weight excluding hydrogens is 663 g/mol. The zero-order valence-electron chi connectivity index (χ0n) is 21.3. The molecule has 196 valence electrons. The summed E-state index contributed by atoms with van der Waals surface area (Å²) >= 11 is 5.54. The lowest BCUT2D eigenvalue weighted by Gasteiger charge is -2.21. The quantitative estimate of drug-likeness (QED) is 0.191. The topological polar surface area (TPSA) is 94.8 Å². The zero-order chi connectivity index (χ0) is 27.4. The lowest BCUT2D eigenvalue weighted by Crippen LogP contribution is -2.29. The summed E-state index contributed by atoms with van der Waals surface area (Å²) in [5, 5.41) is 7.78. The van der Waals surface area contributed by atoms with Crippen LogP contribution in [0.15, 0.2) is 75.0 Å². The van der Waals surface area contributed by atoms with Crippen molar-refractivity contribution in [3.63, 3.8) is 0 Å². The second kappa shape index (κ2) is 11.6. The van der Waals surface area contributed by atoms with Crippen molar-refractivity contribution in [3.05, 3.63) is 90.4 Å². The number of fused-ring (bicyclic) bond motifs is 1. The van der Waals surface area contributed by atoms with Crippen LogP contribution in [0.5, 0.6) is 11.5 Å². The molecule has 3 aromatic carbocycles. The van der Waals surface area contributed by atoms with Crippen LogP contribution in [-0.4, -0.2) is 35.5 Å². The molecule has 0 atom stereocenters. The Morgan fingerprint density at radius 3 is 2.58 bits per heavy atom. The minimum Gasteiger partial charge on any atom is -0.493 e. The Bertz CT molecular complexity index is 1580. The molecule has 4 aromatic rings. The van der Waals surface area contributed by atoms with Gasteiger partial charge < -0.3 is 14.8 Å². The number of halogens is 2. The molecule has 1 N–H and O–H groups in total. The fraction of sp³-hybridized carbons (Fsp3) is 0.214. The average Bonchev–Trinajstić information content (AvgIpc) is 2.87. The second-order valence-corrected chi connectivity index (χ2v) is 11.5. The van der Waals surface area contributed by atoms with E-state index in [2.05, 4.69) is 48.9 Å². The first-order valence-electron chi connectivity index (χ1n) is 11.7. The van der Waals surface area contributed by atoms with Crippen LogP contribution in [0, 0.1) is 3.57 Å². The number of nitrogens with one attached hydrogen (secondary N) is 1.